The molecule has 2 heterocycles. The van der Waals surface area contributed by atoms with E-state index in [-0.39, 0.29) is 5.91 Å². The molecule has 7 nitrogen and oxygen atoms in total. The molecule has 170 valence electrons. The number of amides is 1. The van der Waals surface area contributed by atoms with Crippen LogP contribution in [-0.4, -0.2) is 27.2 Å². The van der Waals surface area contributed by atoms with Crippen molar-refractivity contribution in [3.63, 3.8) is 0 Å². The van der Waals surface area contributed by atoms with Crippen molar-refractivity contribution in [2.45, 2.75) is 12.5 Å². The van der Waals surface area contributed by atoms with Gasteiger partial charge in [-0.1, -0.05) is 54.1 Å². The van der Waals surface area contributed by atoms with E-state index in [1.165, 1.54) is 0 Å². The molecule has 1 amide bonds. The van der Waals surface area contributed by atoms with Crippen LogP contribution in [0, 0.1) is 11.3 Å². The van der Waals surface area contributed by atoms with Crippen LogP contribution in [0.25, 0.3) is 11.1 Å². The molecule has 4 rings (SSSR count). The summed E-state index contributed by atoms with van der Waals surface area (Å²) in [5.41, 5.74) is 4.24. The summed E-state index contributed by atoms with van der Waals surface area (Å²) in [6.07, 6.45) is 5.97. The number of carbonyl (C=O) groups excluding carboxylic acids is 1. The van der Waals surface area contributed by atoms with Gasteiger partial charge in [0.2, 0.25) is 5.91 Å². The lowest BCUT2D eigenvalue weighted by Gasteiger charge is -2.19. The topological polar surface area (TPSA) is 95.6 Å². The predicted molar refractivity (Wildman–Crippen MR) is 132 cm³/mol. The zero-order valence-corrected chi connectivity index (χ0v) is 19.3. The molecule has 4 aromatic rings. The van der Waals surface area contributed by atoms with Crippen molar-refractivity contribution < 1.29 is 4.79 Å². The van der Waals surface area contributed by atoms with Crippen LogP contribution < -0.4 is 10.6 Å². The Morgan fingerprint density at radius 2 is 1.88 bits per heavy atom. The minimum absolute atomic E-state index is 0.255. The molecule has 2 aromatic heterocycles. The molecule has 0 fully saturated rings. The fourth-order valence-corrected chi connectivity index (χ4v) is 3.77. The highest BCUT2D eigenvalue weighted by molar-refractivity contribution is 6.33. The highest BCUT2D eigenvalue weighted by atomic mass is 35.5. The number of aromatic nitrogens is 3. The van der Waals surface area contributed by atoms with Crippen LogP contribution in [0.4, 0.5) is 5.82 Å². The number of aryl methyl sites for hydroxylation is 1. The van der Waals surface area contributed by atoms with Gasteiger partial charge in [-0.15, -0.1) is 0 Å². The van der Waals surface area contributed by atoms with E-state index >= 15 is 0 Å². The molecule has 2 N–H and O–H groups in total. The molecule has 0 spiro atoms. The van der Waals surface area contributed by atoms with Gasteiger partial charge in [0.1, 0.15) is 6.04 Å². The third-order valence-electron chi connectivity index (χ3n) is 5.36. The SMILES string of the molecule is Cn1cc(-c2cnc(NC(=O)C(NCCc3ccc(C#N)cc3)c3ccccc3)c(Cl)c2)cn1. The number of nitrogens with one attached hydrogen (secondary N) is 2. The van der Waals surface area contributed by atoms with Crippen LogP contribution in [0.2, 0.25) is 5.02 Å². The van der Waals surface area contributed by atoms with E-state index in [9.17, 15) is 4.79 Å². The summed E-state index contributed by atoms with van der Waals surface area (Å²) in [7, 11) is 1.84. The zero-order valence-electron chi connectivity index (χ0n) is 18.6. The van der Waals surface area contributed by atoms with Gasteiger partial charge >= 0.3 is 0 Å². The van der Waals surface area contributed by atoms with Gasteiger partial charge in [0.15, 0.2) is 5.82 Å². The Labute approximate surface area is 203 Å². The molecule has 0 aliphatic carbocycles. The second-order valence-electron chi connectivity index (χ2n) is 7.80. The number of nitrogens with zero attached hydrogens (tertiary/aromatic N) is 4. The summed E-state index contributed by atoms with van der Waals surface area (Å²) in [4.78, 5) is 17.6. The number of pyridine rings is 1. The van der Waals surface area contributed by atoms with E-state index in [0.717, 1.165) is 22.3 Å². The summed E-state index contributed by atoms with van der Waals surface area (Å²) in [6.45, 7) is 0.569. The summed E-state index contributed by atoms with van der Waals surface area (Å²) in [6, 6.07) is 20.2. The number of benzene rings is 2. The summed E-state index contributed by atoms with van der Waals surface area (Å²) in [5, 5.41) is 19.7. The van der Waals surface area contributed by atoms with Crippen LogP contribution in [0.1, 0.15) is 22.7 Å². The molecule has 0 aliphatic heterocycles. The van der Waals surface area contributed by atoms with E-state index in [4.69, 9.17) is 16.9 Å². The molecule has 0 aliphatic rings. The fraction of sp³-hybridized carbons (Fsp3) is 0.154. The van der Waals surface area contributed by atoms with Gasteiger partial charge < -0.3 is 10.6 Å². The molecule has 1 unspecified atom stereocenters. The number of hydrogen-bond donors (Lipinski definition) is 2. The first-order valence-electron chi connectivity index (χ1n) is 10.8. The van der Waals surface area contributed by atoms with E-state index in [0.29, 0.717) is 29.4 Å². The smallest absolute Gasteiger partial charge is 0.247 e. The quantitative estimate of drug-likeness (QED) is 0.394. The van der Waals surface area contributed by atoms with Gasteiger partial charge in [0.05, 0.1) is 22.9 Å². The number of anilines is 1. The molecule has 0 saturated heterocycles. The minimum atomic E-state index is -0.588. The minimum Gasteiger partial charge on any atom is -0.308 e. The molecule has 0 bridgehead atoms. The Hall–Kier alpha value is -3.99. The van der Waals surface area contributed by atoms with Crippen molar-refractivity contribution in [3.05, 3.63) is 101 Å². The van der Waals surface area contributed by atoms with Crippen LogP contribution >= 0.6 is 11.6 Å². The average molecular weight is 471 g/mol. The molecule has 1 atom stereocenters. The van der Waals surface area contributed by atoms with E-state index in [1.54, 1.807) is 35.3 Å². The number of carbonyl (C=O) groups is 1. The average Bonchev–Trinajstić information content (AvgIpc) is 3.30. The van der Waals surface area contributed by atoms with Crippen molar-refractivity contribution in [3.8, 4) is 17.2 Å². The van der Waals surface area contributed by atoms with Crippen molar-refractivity contribution in [1.82, 2.24) is 20.1 Å². The summed E-state index contributed by atoms with van der Waals surface area (Å²) >= 11 is 6.44. The Kier molecular flexibility index (Phi) is 7.33. The second-order valence-corrected chi connectivity index (χ2v) is 8.21. The Morgan fingerprint density at radius 1 is 1.12 bits per heavy atom. The van der Waals surface area contributed by atoms with Crippen molar-refractivity contribution in [1.29, 1.82) is 5.26 Å². The molecule has 34 heavy (non-hydrogen) atoms. The largest absolute Gasteiger partial charge is 0.308 e. The third-order valence-corrected chi connectivity index (χ3v) is 5.65. The van der Waals surface area contributed by atoms with E-state index in [2.05, 4.69) is 26.8 Å². The molecule has 2 aromatic carbocycles. The lowest BCUT2D eigenvalue weighted by atomic mass is 10.0. The first kappa shape index (κ1) is 23.2. The van der Waals surface area contributed by atoms with E-state index in [1.807, 2.05) is 55.7 Å². The van der Waals surface area contributed by atoms with Gasteiger partial charge in [-0.25, -0.2) is 4.98 Å². The van der Waals surface area contributed by atoms with Crippen molar-refractivity contribution >= 4 is 23.3 Å². The van der Waals surface area contributed by atoms with Crippen LogP contribution in [0.5, 0.6) is 0 Å². The lowest BCUT2D eigenvalue weighted by molar-refractivity contribution is -0.118. The predicted octanol–water partition coefficient (Wildman–Crippen LogP) is 4.52. The van der Waals surface area contributed by atoms with Gasteiger partial charge in [0.25, 0.3) is 0 Å². The van der Waals surface area contributed by atoms with Gasteiger partial charge in [0, 0.05) is 37.1 Å². The van der Waals surface area contributed by atoms with E-state index < -0.39 is 6.04 Å². The normalized spacial score (nSPS) is 11.6. The highest BCUT2D eigenvalue weighted by Gasteiger charge is 2.21. The number of rotatable bonds is 8. The summed E-state index contributed by atoms with van der Waals surface area (Å²) < 4.78 is 1.70. The zero-order chi connectivity index (χ0) is 23.9. The standard InChI is InChI=1S/C26H23ClN6O/c1-33-17-22(16-31-33)21-13-23(27)25(30-15-21)32-26(34)24(20-5-3-2-4-6-20)29-12-11-18-7-9-19(14-28)10-8-18/h2-10,13,15-17,24,29H,11-12H2,1H3,(H,30,32,34). The number of nitriles is 1. The highest BCUT2D eigenvalue weighted by Crippen LogP contribution is 2.27. The maximum Gasteiger partial charge on any atom is 0.247 e. The van der Waals surface area contributed by atoms with Crippen LogP contribution in [0.3, 0.4) is 0 Å². The van der Waals surface area contributed by atoms with Crippen molar-refractivity contribution in [2.75, 3.05) is 11.9 Å². The van der Waals surface area contributed by atoms with Crippen LogP contribution in [0.15, 0.2) is 79.3 Å². The molecular weight excluding hydrogens is 448 g/mol. The Bertz CT molecular complexity index is 1310. The van der Waals surface area contributed by atoms with Gasteiger partial charge in [-0.2, -0.15) is 10.4 Å². The lowest BCUT2D eigenvalue weighted by Crippen LogP contribution is -2.34. The molecule has 0 radical (unpaired) electrons. The Balaban J connectivity index is 1.46. The maximum absolute atomic E-state index is 13.2. The third kappa shape index (κ3) is 5.67. The number of halogens is 1. The Morgan fingerprint density at radius 3 is 2.53 bits per heavy atom. The molecule has 0 saturated carbocycles. The monoisotopic (exact) mass is 470 g/mol. The molecular formula is C26H23ClN6O. The first-order chi connectivity index (χ1) is 16.5. The van der Waals surface area contributed by atoms with Gasteiger partial charge in [-0.05, 0) is 35.7 Å². The van der Waals surface area contributed by atoms with Gasteiger partial charge in [-0.3, -0.25) is 9.48 Å². The summed E-state index contributed by atoms with van der Waals surface area (Å²) in [5.74, 6) is 0.0451. The van der Waals surface area contributed by atoms with Crippen molar-refractivity contribution in [2.24, 2.45) is 7.05 Å². The molecule has 8 heteroatoms. The maximum atomic E-state index is 13.2. The van der Waals surface area contributed by atoms with Crippen LogP contribution in [-0.2, 0) is 18.3 Å². The fourth-order valence-electron chi connectivity index (χ4n) is 3.56. The number of hydrogen-bond acceptors (Lipinski definition) is 5. The first-order valence-corrected chi connectivity index (χ1v) is 11.1. The second kappa shape index (κ2) is 10.8.